The largest absolute Gasteiger partial charge is 0.488 e. The maximum absolute atomic E-state index is 13.9. The summed E-state index contributed by atoms with van der Waals surface area (Å²) in [4.78, 5) is 0. The van der Waals surface area contributed by atoms with Gasteiger partial charge in [-0.05, 0) is 40.6 Å². The Bertz CT molecular complexity index is 1120. The number of rotatable bonds is 7. The molecule has 0 radical (unpaired) electrons. The van der Waals surface area contributed by atoms with Crippen LogP contribution in [0.4, 0.5) is 8.78 Å². The zero-order valence-corrected chi connectivity index (χ0v) is 17.1. The van der Waals surface area contributed by atoms with Crippen molar-refractivity contribution in [2.75, 3.05) is 0 Å². The molecule has 0 aliphatic rings. The van der Waals surface area contributed by atoms with Gasteiger partial charge in [-0.25, -0.2) is 8.78 Å². The van der Waals surface area contributed by atoms with Crippen LogP contribution in [-0.2, 0) is 19.7 Å². The van der Waals surface area contributed by atoms with Crippen molar-refractivity contribution in [1.29, 1.82) is 0 Å². The number of halogens is 3. The van der Waals surface area contributed by atoms with Crippen LogP contribution in [0.15, 0.2) is 84.9 Å². The van der Waals surface area contributed by atoms with Gasteiger partial charge in [-0.1, -0.05) is 60.7 Å². The first-order chi connectivity index (χ1) is 14.2. The number of hydrogen-bond acceptors (Lipinski definition) is 2. The fraction of sp³-hybridized carbons (Fsp3) is 0.120. The van der Waals surface area contributed by atoms with Gasteiger partial charge in [-0.15, -0.1) is 12.4 Å². The molecule has 0 heterocycles. The predicted octanol–water partition coefficient (Wildman–Crippen LogP) is 6.41. The molecule has 0 saturated carbocycles. The van der Waals surface area contributed by atoms with Gasteiger partial charge >= 0.3 is 0 Å². The minimum absolute atomic E-state index is 0. The summed E-state index contributed by atoms with van der Waals surface area (Å²) < 4.78 is 33.0. The minimum atomic E-state index is -0.274. The number of hydrogen-bond donors (Lipinski definition) is 1. The third kappa shape index (κ3) is 5.15. The van der Waals surface area contributed by atoms with Crippen molar-refractivity contribution in [3.8, 4) is 5.75 Å². The van der Waals surface area contributed by atoms with Crippen LogP contribution in [-0.4, -0.2) is 0 Å². The van der Waals surface area contributed by atoms with Crippen molar-refractivity contribution >= 4 is 23.2 Å². The summed E-state index contributed by atoms with van der Waals surface area (Å²) in [5, 5.41) is 5.61. The van der Waals surface area contributed by atoms with Crippen molar-refractivity contribution in [2.45, 2.75) is 19.7 Å². The molecule has 0 saturated heterocycles. The van der Waals surface area contributed by atoms with Gasteiger partial charge in [-0.2, -0.15) is 0 Å². The van der Waals surface area contributed by atoms with E-state index in [1.165, 1.54) is 18.2 Å². The van der Waals surface area contributed by atoms with E-state index in [-0.39, 0.29) is 30.6 Å². The molecule has 1 N–H and O–H groups in total. The molecule has 0 aliphatic carbocycles. The smallest absolute Gasteiger partial charge is 0.129 e. The van der Waals surface area contributed by atoms with Crippen LogP contribution in [0.3, 0.4) is 0 Å². The van der Waals surface area contributed by atoms with Gasteiger partial charge in [0.2, 0.25) is 0 Å². The molecule has 2 nitrogen and oxygen atoms in total. The highest BCUT2D eigenvalue weighted by atomic mass is 35.5. The van der Waals surface area contributed by atoms with Gasteiger partial charge in [0.25, 0.3) is 0 Å². The first-order valence-corrected chi connectivity index (χ1v) is 9.53. The Kier molecular flexibility index (Phi) is 7.39. The quantitative estimate of drug-likeness (QED) is 0.369. The summed E-state index contributed by atoms with van der Waals surface area (Å²) in [6, 6.07) is 25.1. The lowest BCUT2D eigenvalue weighted by molar-refractivity contribution is 0.296. The summed E-state index contributed by atoms with van der Waals surface area (Å²) in [6.07, 6.45) is 0. The van der Waals surface area contributed by atoms with E-state index in [1.54, 1.807) is 30.3 Å². The predicted molar refractivity (Wildman–Crippen MR) is 119 cm³/mol. The Morgan fingerprint density at radius 2 is 1.47 bits per heavy atom. The van der Waals surface area contributed by atoms with Gasteiger partial charge in [0.15, 0.2) is 0 Å². The van der Waals surface area contributed by atoms with Gasteiger partial charge in [-0.3, -0.25) is 0 Å². The van der Waals surface area contributed by atoms with E-state index in [0.29, 0.717) is 18.7 Å². The Morgan fingerprint density at radius 1 is 0.733 bits per heavy atom. The fourth-order valence-corrected chi connectivity index (χ4v) is 3.34. The highest BCUT2D eigenvalue weighted by Gasteiger charge is 2.10. The first kappa shape index (κ1) is 21.8. The van der Waals surface area contributed by atoms with E-state index in [1.807, 2.05) is 24.3 Å². The zero-order valence-electron chi connectivity index (χ0n) is 16.3. The summed E-state index contributed by atoms with van der Waals surface area (Å²) in [5.41, 5.74) is 2.54. The van der Waals surface area contributed by atoms with Crippen LogP contribution in [0, 0.1) is 11.6 Å². The summed E-state index contributed by atoms with van der Waals surface area (Å²) >= 11 is 0. The maximum Gasteiger partial charge on any atom is 0.129 e. The van der Waals surface area contributed by atoms with E-state index >= 15 is 0 Å². The van der Waals surface area contributed by atoms with Crippen molar-refractivity contribution in [3.05, 3.63) is 113 Å². The van der Waals surface area contributed by atoms with Crippen LogP contribution >= 0.6 is 12.4 Å². The van der Waals surface area contributed by atoms with Crippen LogP contribution in [0.5, 0.6) is 5.75 Å². The molecule has 4 rings (SSSR count). The Labute approximate surface area is 180 Å². The molecule has 0 unspecified atom stereocenters. The van der Waals surface area contributed by atoms with Crippen molar-refractivity contribution in [2.24, 2.45) is 0 Å². The maximum atomic E-state index is 13.9. The highest BCUT2D eigenvalue weighted by Crippen LogP contribution is 2.29. The molecule has 0 aliphatic heterocycles. The molecule has 0 aromatic heterocycles. The second-order valence-electron chi connectivity index (χ2n) is 6.87. The fourth-order valence-electron chi connectivity index (χ4n) is 3.34. The molecular weight excluding hydrogens is 404 g/mol. The number of fused-ring (bicyclic) bond motifs is 1. The molecule has 4 aromatic rings. The molecule has 0 spiro atoms. The monoisotopic (exact) mass is 425 g/mol. The average molecular weight is 426 g/mol. The van der Waals surface area contributed by atoms with E-state index in [9.17, 15) is 8.78 Å². The molecule has 0 amide bonds. The lowest BCUT2D eigenvalue weighted by atomic mass is 10.0. The second-order valence-corrected chi connectivity index (χ2v) is 6.87. The topological polar surface area (TPSA) is 21.3 Å². The highest BCUT2D eigenvalue weighted by molar-refractivity contribution is 5.87. The van der Waals surface area contributed by atoms with Crippen LogP contribution in [0.2, 0.25) is 0 Å². The van der Waals surface area contributed by atoms with Gasteiger partial charge in [0, 0.05) is 24.2 Å². The van der Waals surface area contributed by atoms with Crippen LogP contribution < -0.4 is 10.1 Å². The summed E-state index contributed by atoms with van der Waals surface area (Å²) in [6.45, 7) is 1.34. The average Bonchev–Trinajstić information content (AvgIpc) is 2.75. The minimum Gasteiger partial charge on any atom is -0.488 e. The van der Waals surface area contributed by atoms with Crippen molar-refractivity contribution in [3.63, 3.8) is 0 Å². The lowest BCUT2D eigenvalue weighted by Gasteiger charge is -2.15. The number of ether oxygens (including phenoxy) is 1. The van der Waals surface area contributed by atoms with Crippen molar-refractivity contribution in [1.82, 2.24) is 5.32 Å². The Hall–Kier alpha value is -2.95. The summed E-state index contributed by atoms with van der Waals surface area (Å²) in [5.74, 6) is 0.203. The molecule has 5 heteroatoms. The van der Waals surface area contributed by atoms with Crippen molar-refractivity contribution < 1.29 is 13.5 Å². The van der Waals surface area contributed by atoms with Crippen LogP contribution in [0.25, 0.3) is 10.8 Å². The normalized spacial score (nSPS) is 10.6. The van der Waals surface area contributed by atoms with Gasteiger partial charge in [0.1, 0.15) is 24.0 Å². The van der Waals surface area contributed by atoms with Crippen LogP contribution in [0.1, 0.15) is 16.7 Å². The second kappa shape index (κ2) is 10.2. The molecular formula is C25H22ClF2NO. The Balaban J connectivity index is 0.00000256. The molecule has 0 bridgehead atoms. The third-order valence-electron chi connectivity index (χ3n) is 4.88. The van der Waals surface area contributed by atoms with E-state index in [0.717, 1.165) is 27.6 Å². The number of nitrogens with one attached hydrogen (secondary N) is 1. The first-order valence-electron chi connectivity index (χ1n) is 9.53. The van der Waals surface area contributed by atoms with E-state index in [2.05, 4.69) is 17.4 Å². The summed E-state index contributed by atoms with van der Waals surface area (Å²) in [7, 11) is 0. The zero-order chi connectivity index (χ0) is 20.1. The molecule has 0 atom stereocenters. The number of benzene rings is 4. The third-order valence-corrected chi connectivity index (χ3v) is 4.88. The lowest BCUT2D eigenvalue weighted by Crippen LogP contribution is -2.14. The molecule has 4 aromatic carbocycles. The SMILES string of the molecule is Cl.Fc1ccc(CNCc2c(OCc3ccccc3F)ccc3ccccc23)cc1. The molecule has 30 heavy (non-hydrogen) atoms. The standard InChI is InChI=1S/C25H21F2NO.ClH/c26-21-12-9-18(10-13-21)15-28-16-23-22-7-3-1-5-19(22)11-14-25(23)29-17-20-6-2-4-8-24(20)27;/h1-14,28H,15-17H2;1H. The van der Waals surface area contributed by atoms with E-state index in [4.69, 9.17) is 4.74 Å². The van der Waals surface area contributed by atoms with Gasteiger partial charge < -0.3 is 10.1 Å². The van der Waals surface area contributed by atoms with Gasteiger partial charge in [0.05, 0.1) is 0 Å². The Morgan fingerprint density at radius 3 is 2.27 bits per heavy atom. The van der Waals surface area contributed by atoms with E-state index < -0.39 is 0 Å². The molecule has 154 valence electrons. The molecule has 0 fully saturated rings.